The number of rotatable bonds is 0. The lowest BCUT2D eigenvalue weighted by Crippen LogP contribution is -2.35. The van der Waals surface area contributed by atoms with Crippen LogP contribution < -0.4 is 0 Å². The van der Waals surface area contributed by atoms with Crippen LogP contribution in [0.4, 0.5) is 0 Å². The molecule has 6 nitrogen and oxygen atoms in total. The van der Waals surface area contributed by atoms with Crippen molar-refractivity contribution in [2.45, 2.75) is 50.3 Å². The molecule has 0 amide bonds. The van der Waals surface area contributed by atoms with Crippen molar-refractivity contribution in [2.24, 2.45) is 0 Å². The van der Waals surface area contributed by atoms with Gasteiger partial charge in [0.05, 0.1) is 0 Å². The number of ether oxygens (including phenoxy) is 4. The highest BCUT2D eigenvalue weighted by Gasteiger charge is 2.62. The molecule has 3 fully saturated rings. The second kappa shape index (κ2) is 2.70. The summed E-state index contributed by atoms with van der Waals surface area (Å²) in [6.07, 6.45) is -3.44. The molecule has 0 unspecified atom stereocenters. The van der Waals surface area contributed by atoms with Crippen molar-refractivity contribution in [2.75, 3.05) is 0 Å². The highest BCUT2D eigenvalue weighted by atomic mass is 16.9. The van der Waals surface area contributed by atoms with E-state index >= 15 is 0 Å². The Morgan fingerprint density at radius 2 is 1.93 bits per heavy atom. The topological polar surface area (TPSA) is 74.2 Å². The Morgan fingerprint density at radius 1 is 1.20 bits per heavy atom. The van der Waals surface area contributed by atoms with E-state index in [-0.39, 0.29) is 0 Å². The summed E-state index contributed by atoms with van der Waals surface area (Å²) < 4.78 is 21.4. The van der Waals surface area contributed by atoms with Gasteiger partial charge in [-0.1, -0.05) is 0 Å². The molecule has 0 aliphatic carbocycles. The third-order valence-corrected chi connectivity index (χ3v) is 2.83. The molecule has 0 aromatic rings. The fourth-order valence-electron chi connectivity index (χ4n) is 2.23. The predicted octanol–water partition coefficient (Wildman–Crippen LogP) is -0.851. The summed E-state index contributed by atoms with van der Waals surface area (Å²) in [5, 5.41) is 9.44. The van der Waals surface area contributed by atoms with Crippen molar-refractivity contribution in [3.8, 4) is 0 Å². The Kier molecular flexibility index (Phi) is 1.72. The molecule has 0 spiro atoms. The zero-order valence-corrected chi connectivity index (χ0v) is 8.38. The van der Waals surface area contributed by atoms with Crippen molar-refractivity contribution in [1.29, 1.82) is 0 Å². The van der Waals surface area contributed by atoms with Gasteiger partial charge in [0.25, 0.3) is 0 Å². The van der Waals surface area contributed by atoms with Gasteiger partial charge in [-0.3, -0.25) is 0 Å². The van der Waals surface area contributed by atoms with E-state index in [1.165, 1.54) is 0 Å². The number of fused-ring (bicyclic) bond motifs is 3. The van der Waals surface area contributed by atoms with Crippen LogP contribution in [0.5, 0.6) is 0 Å². The minimum atomic E-state index is -1.23. The van der Waals surface area contributed by atoms with E-state index in [4.69, 9.17) is 18.9 Å². The Labute approximate surface area is 86.1 Å². The lowest BCUT2D eigenvalue weighted by atomic mass is 10.1. The molecule has 0 aromatic heterocycles. The van der Waals surface area contributed by atoms with Crippen molar-refractivity contribution >= 4 is 5.97 Å². The molecule has 6 heteroatoms. The summed E-state index contributed by atoms with van der Waals surface area (Å²) in [6, 6.07) is 0. The Balaban J connectivity index is 1.83. The highest BCUT2D eigenvalue weighted by Crippen LogP contribution is 2.42. The first-order chi connectivity index (χ1) is 6.98. The third kappa shape index (κ3) is 1.22. The van der Waals surface area contributed by atoms with Crippen LogP contribution in [0.3, 0.4) is 0 Å². The number of hydrogen-bond donors (Lipinski definition) is 1. The summed E-state index contributed by atoms with van der Waals surface area (Å²) in [4.78, 5) is 11.1. The number of hydrogen-bond acceptors (Lipinski definition) is 6. The van der Waals surface area contributed by atoms with E-state index in [0.717, 1.165) is 0 Å². The van der Waals surface area contributed by atoms with Gasteiger partial charge in [0.15, 0.2) is 30.4 Å². The fourth-order valence-corrected chi connectivity index (χ4v) is 2.23. The number of aliphatic hydroxyl groups excluding tert-OH is 1. The van der Waals surface area contributed by atoms with Gasteiger partial charge < -0.3 is 24.1 Å². The molecule has 84 valence electrons. The molecule has 3 rings (SSSR count). The first kappa shape index (κ1) is 9.53. The van der Waals surface area contributed by atoms with E-state index in [2.05, 4.69) is 0 Å². The monoisotopic (exact) mass is 217 g/mol. The molecule has 0 aromatic carbocycles. The van der Waals surface area contributed by atoms with E-state index in [1.54, 1.807) is 13.8 Å². The van der Waals surface area contributed by atoms with Crippen LogP contribution in [0.1, 0.15) is 13.8 Å². The summed E-state index contributed by atoms with van der Waals surface area (Å²) in [5.74, 6) is -1.39. The van der Waals surface area contributed by atoms with E-state index < -0.39 is 42.5 Å². The van der Waals surface area contributed by atoms with E-state index in [9.17, 15) is 9.90 Å². The molecule has 3 aliphatic rings. The standard InChI is InChI=1S/C9H12O6/c1-9(2)14-6-5-4(13-8(6)15-9)3(10)7(11)12-5/h3-6,8,10H,1-2H3/t3-,4+,5-,6+,8+/m0/s1/i7+1. The Bertz CT molecular complexity index is 314. The Hall–Kier alpha value is -0.690. The smallest absolute Gasteiger partial charge is 0.338 e. The van der Waals surface area contributed by atoms with Crippen LogP contribution in [0, 0.1) is 0 Å². The molecule has 1 N–H and O–H groups in total. The van der Waals surface area contributed by atoms with Gasteiger partial charge in [0.2, 0.25) is 0 Å². The average Bonchev–Trinajstić information content (AvgIpc) is 2.66. The van der Waals surface area contributed by atoms with E-state index in [1.807, 2.05) is 0 Å². The summed E-state index contributed by atoms with van der Waals surface area (Å²) in [6.45, 7) is 3.52. The minimum absolute atomic E-state index is 0.439. The molecular weight excluding hydrogens is 205 g/mol. The molecule has 3 heterocycles. The maximum atomic E-state index is 11.1. The average molecular weight is 217 g/mol. The van der Waals surface area contributed by atoms with Crippen LogP contribution in [-0.4, -0.2) is 47.6 Å². The van der Waals surface area contributed by atoms with Crippen LogP contribution in [-0.2, 0) is 23.7 Å². The number of esters is 1. The van der Waals surface area contributed by atoms with E-state index in [0.29, 0.717) is 0 Å². The molecule has 15 heavy (non-hydrogen) atoms. The third-order valence-electron chi connectivity index (χ3n) is 2.83. The fraction of sp³-hybridized carbons (Fsp3) is 0.889. The molecule has 3 aliphatic heterocycles. The van der Waals surface area contributed by atoms with Gasteiger partial charge in [-0.2, -0.15) is 0 Å². The first-order valence-corrected chi connectivity index (χ1v) is 4.88. The van der Waals surface area contributed by atoms with Gasteiger partial charge in [-0.25, -0.2) is 4.79 Å². The molecule has 0 saturated carbocycles. The van der Waals surface area contributed by atoms with Crippen molar-refractivity contribution in [3.63, 3.8) is 0 Å². The lowest BCUT2D eigenvalue weighted by Gasteiger charge is -2.20. The molecule has 0 bridgehead atoms. The van der Waals surface area contributed by atoms with Crippen LogP contribution in [0.2, 0.25) is 0 Å². The largest absolute Gasteiger partial charge is 0.454 e. The second-order valence-electron chi connectivity index (χ2n) is 4.42. The molecule has 5 atom stereocenters. The van der Waals surface area contributed by atoms with Crippen molar-refractivity contribution in [1.82, 2.24) is 0 Å². The minimum Gasteiger partial charge on any atom is -0.454 e. The second-order valence-corrected chi connectivity index (χ2v) is 4.42. The van der Waals surface area contributed by atoms with Gasteiger partial charge in [0.1, 0.15) is 6.10 Å². The summed E-state index contributed by atoms with van der Waals surface area (Å²) in [5.41, 5.74) is 0. The quantitative estimate of drug-likeness (QED) is 0.421. The zero-order chi connectivity index (χ0) is 10.8. The van der Waals surface area contributed by atoms with Gasteiger partial charge in [-0.15, -0.1) is 0 Å². The van der Waals surface area contributed by atoms with Gasteiger partial charge in [-0.05, 0) is 13.8 Å². The number of carbonyl (C=O) groups excluding carboxylic acids is 1. The zero-order valence-electron chi connectivity index (χ0n) is 8.38. The number of aliphatic hydroxyl groups is 1. The summed E-state index contributed by atoms with van der Waals surface area (Å²) >= 11 is 0. The SMILES string of the molecule is CC1(C)O[C@H]2O[C@H]3[C@H](O[13C](=O)[C@H]3O)[C@H]2O1. The molecular formula is C9H12O6. The number of carbonyl (C=O) groups is 1. The first-order valence-electron chi connectivity index (χ1n) is 4.88. The van der Waals surface area contributed by atoms with Gasteiger partial charge >= 0.3 is 5.97 Å². The Morgan fingerprint density at radius 3 is 2.67 bits per heavy atom. The molecule has 0 radical (unpaired) electrons. The lowest BCUT2D eigenvalue weighted by molar-refractivity contribution is -0.214. The predicted molar refractivity (Wildman–Crippen MR) is 44.6 cm³/mol. The summed E-state index contributed by atoms with van der Waals surface area (Å²) in [7, 11) is 0. The van der Waals surface area contributed by atoms with Crippen LogP contribution >= 0.6 is 0 Å². The molecule has 3 saturated heterocycles. The normalized spacial score (nSPS) is 51.4. The van der Waals surface area contributed by atoms with Crippen LogP contribution in [0.25, 0.3) is 0 Å². The van der Waals surface area contributed by atoms with Crippen molar-refractivity contribution in [3.05, 3.63) is 0 Å². The van der Waals surface area contributed by atoms with Crippen molar-refractivity contribution < 1.29 is 28.8 Å². The maximum absolute atomic E-state index is 11.1. The highest BCUT2D eigenvalue weighted by molar-refractivity contribution is 5.78. The maximum Gasteiger partial charge on any atom is 0.338 e. The van der Waals surface area contributed by atoms with Gasteiger partial charge in [0, 0.05) is 0 Å². The van der Waals surface area contributed by atoms with Crippen LogP contribution in [0.15, 0.2) is 0 Å².